The van der Waals surface area contributed by atoms with Crippen LogP contribution in [0.4, 0.5) is 0 Å². The van der Waals surface area contributed by atoms with Gasteiger partial charge >= 0.3 is 0 Å². The van der Waals surface area contributed by atoms with Crippen LogP contribution in [-0.2, 0) is 6.42 Å². The first-order valence-electron chi connectivity index (χ1n) is 5.03. The van der Waals surface area contributed by atoms with Crippen LogP contribution in [0.15, 0.2) is 18.2 Å². The van der Waals surface area contributed by atoms with Gasteiger partial charge in [-0.1, -0.05) is 49.5 Å². The van der Waals surface area contributed by atoms with Gasteiger partial charge in [0.25, 0.3) is 0 Å². The molecule has 0 unspecified atom stereocenters. The summed E-state index contributed by atoms with van der Waals surface area (Å²) in [5.74, 6) is 0.776. The largest absolute Gasteiger partial charge is 0.0827 e. The molecule has 78 valence electrons. The summed E-state index contributed by atoms with van der Waals surface area (Å²) in [6.45, 7) is 4.49. The molecule has 1 aromatic rings. The highest BCUT2D eigenvalue weighted by Gasteiger charge is 2.00. The topological polar surface area (TPSA) is 0 Å². The normalized spacial score (nSPS) is 10.9. The summed E-state index contributed by atoms with van der Waals surface area (Å²) in [7, 11) is 0. The Kier molecular flexibility index (Phi) is 4.77. The van der Waals surface area contributed by atoms with Gasteiger partial charge in [0.15, 0.2) is 0 Å². The summed E-state index contributed by atoms with van der Waals surface area (Å²) in [6.07, 6.45) is 3.57. The quantitative estimate of drug-likeness (QED) is 0.686. The lowest BCUT2D eigenvalue weighted by atomic mass is 10.0. The van der Waals surface area contributed by atoms with Crippen LogP contribution in [0.5, 0.6) is 0 Å². The van der Waals surface area contributed by atoms with E-state index in [0.717, 1.165) is 12.3 Å². The van der Waals surface area contributed by atoms with Crippen molar-refractivity contribution in [2.45, 2.75) is 33.1 Å². The molecule has 0 heterocycles. The van der Waals surface area contributed by atoms with E-state index in [1.807, 2.05) is 12.1 Å². The van der Waals surface area contributed by atoms with Crippen LogP contribution in [0.2, 0.25) is 10.0 Å². The molecule has 0 saturated heterocycles. The second-order valence-electron chi connectivity index (χ2n) is 4.03. The first kappa shape index (κ1) is 11.9. The number of hydrogen-bond donors (Lipinski definition) is 0. The van der Waals surface area contributed by atoms with Gasteiger partial charge in [0, 0.05) is 0 Å². The van der Waals surface area contributed by atoms with Crippen LogP contribution in [0, 0.1) is 5.92 Å². The molecule has 1 aromatic carbocycles. The van der Waals surface area contributed by atoms with Gasteiger partial charge in [-0.05, 0) is 36.5 Å². The van der Waals surface area contributed by atoms with Crippen molar-refractivity contribution in [2.24, 2.45) is 5.92 Å². The highest BCUT2D eigenvalue weighted by atomic mass is 35.5. The average molecular weight is 231 g/mol. The van der Waals surface area contributed by atoms with Gasteiger partial charge in [-0.3, -0.25) is 0 Å². The Labute approximate surface area is 96.2 Å². The van der Waals surface area contributed by atoms with Crippen molar-refractivity contribution in [1.82, 2.24) is 0 Å². The van der Waals surface area contributed by atoms with Gasteiger partial charge in [-0.2, -0.15) is 0 Å². The third kappa shape index (κ3) is 3.89. The first-order valence-corrected chi connectivity index (χ1v) is 5.79. The van der Waals surface area contributed by atoms with E-state index in [4.69, 9.17) is 23.2 Å². The van der Waals surface area contributed by atoms with Gasteiger partial charge < -0.3 is 0 Å². The number of hydrogen-bond acceptors (Lipinski definition) is 0. The van der Waals surface area contributed by atoms with Gasteiger partial charge in [0.2, 0.25) is 0 Å². The molecule has 0 fully saturated rings. The van der Waals surface area contributed by atoms with E-state index in [9.17, 15) is 0 Å². The van der Waals surface area contributed by atoms with Crippen LogP contribution >= 0.6 is 23.2 Å². The van der Waals surface area contributed by atoms with Crippen LogP contribution < -0.4 is 0 Å². The second-order valence-corrected chi connectivity index (χ2v) is 4.85. The zero-order valence-corrected chi connectivity index (χ0v) is 10.2. The Bertz CT molecular complexity index is 292. The van der Waals surface area contributed by atoms with Crippen molar-refractivity contribution in [3.63, 3.8) is 0 Å². The van der Waals surface area contributed by atoms with Crippen molar-refractivity contribution in [3.05, 3.63) is 33.8 Å². The summed E-state index contributed by atoms with van der Waals surface area (Å²) in [5, 5.41) is 1.30. The van der Waals surface area contributed by atoms with Gasteiger partial charge in [0.05, 0.1) is 10.0 Å². The van der Waals surface area contributed by atoms with Crippen molar-refractivity contribution >= 4 is 23.2 Å². The monoisotopic (exact) mass is 230 g/mol. The van der Waals surface area contributed by atoms with Crippen LogP contribution in [0.3, 0.4) is 0 Å². The lowest BCUT2D eigenvalue weighted by Gasteiger charge is -2.05. The van der Waals surface area contributed by atoms with E-state index in [2.05, 4.69) is 19.9 Å². The van der Waals surface area contributed by atoms with Crippen LogP contribution in [0.25, 0.3) is 0 Å². The summed E-state index contributed by atoms with van der Waals surface area (Å²) in [6, 6.07) is 5.88. The molecule has 0 aliphatic heterocycles. The molecule has 0 radical (unpaired) electrons. The van der Waals surface area contributed by atoms with E-state index in [-0.39, 0.29) is 0 Å². The van der Waals surface area contributed by atoms with E-state index in [0.29, 0.717) is 10.0 Å². The third-order valence-corrected chi connectivity index (χ3v) is 2.97. The fourth-order valence-corrected chi connectivity index (χ4v) is 1.73. The molecule has 0 nitrogen and oxygen atoms in total. The first-order chi connectivity index (χ1) is 6.59. The summed E-state index contributed by atoms with van der Waals surface area (Å²) >= 11 is 11.8. The molecule has 0 bridgehead atoms. The highest BCUT2D eigenvalue weighted by Crippen LogP contribution is 2.23. The van der Waals surface area contributed by atoms with E-state index in [1.54, 1.807) is 0 Å². The molecular weight excluding hydrogens is 215 g/mol. The number of halogens is 2. The lowest BCUT2D eigenvalue weighted by Crippen LogP contribution is -1.90. The Hall–Kier alpha value is -0.200. The molecule has 0 N–H and O–H groups in total. The third-order valence-electron chi connectivity index (χ3n) is 2.23. The van der Waals surface area contributed by atoms with Crippen molar-refractivity contribution in [2.75, 3.05) is 0 Å². The SMILES string of the molecule is CC(C)CCCc1ccc(Cl)c(Cl)c1. The van der Waals surface area contributed by atoms with Crippen LogP contribution in [-0.4, -0.2) is 0 Å². The Morgan fingerprint density at radius 3 is 2.43 bits per heavy atom. The number of aryl methyl sites for hydroxylation is 1. The molecule has 1 rings (SSSR count). The van der Waals surface area contributed by atoms with Crippen molar-refractivity contribution in [1.29, 1.82) is 0 Å². The standard InChI is InChI=1S/C12H16Cl2/c1-9(2)4-3-5-10-6-7-11(13)12(14)8-10/h6-9H,3-5H2,1-2H3. The molecule has 0 aliphatic rings. The Balaban J connectivity index is 2.47. The molecule has 0 saturated carbocycles. The molecule has 2 heteroatoms. The zero-order valence-electron chi connectivity index (χ0n) is 8.69. The maximum Gasteiger partial charge on any atom is 0.0595 e. The van der Waals surface area contributed by atoms with Gasteiger partial charge in [-0.25, -0.2) is 0 Å². The lowest BCUT2D eigenvalue weighted by molar-refractivity contribution is 0.556. The highest BCUT2D eigenvalue weighted by molar-refractivity contribution is 6.42. The molecule has 0 aromatic heterocycles. The van der Waals surface area contributed by atoms with E-state index in [1.165, 1.54) is 18.4 Å². The van der Waals surface area contributed by atoms with Crippen LogP contribution in [0.1, 0.15) is 32.3 Å². The minimum absolute atomic E-state index is 0.638. The Morgan fingerprint density at radius 2 is 1.86 bits per heavy atom. The summed E-state index contributed by atoms with van der Waals surface area (Å²) in [4.78, 5) is 0. The van der Waals surface area contributed by atoms with Crippen molar-refractivity contribution in [3.8, 4) is 0 Å². The minimum Gasteiger partial charge on any atom is -0.0827 e. The predicted molar refractivity (Wildman–Crippen MR) is 64.2 cm³/mol. The zero-order chi connectivity index (χ0) is 10.6. The average Bonchev–Trinajstić information content (AvgIpc) is 2.10. The summed E-state index contributed by atoms with van der Waals surface area (Å²) in [5.41, 5.74) is 1.28. The molecular formula is C12H16Cl2. The number of benzene rings is 1. The predicted octanol–water partition coefficient (Wildman–Crippen LogP) is 4.97. The molecule has 14 heavy (non-hydrogen) atoms. The smallest absolute Gasteiger partial charge is 0.0595 e. The molecule has 0 amide bonds. The van der Waals surface area contributed by atoms with E-state index < -0.39 is 0 Å². The number of rotatable bonds is 4. The fraction of sp³-hybridized carbons (Fsp3) is 0.500. The maximum absolute atomic E-state index is 5.92. The summed E-state index contributed by atoms with van der Waals surface area (Å²) < 4.78 is 0. The van der Waals surface area contributed by atoms with Gasteiger partial charge in [-0.15, -0.1) is 0 Å². The second kappa shape index (κ2) is 5.63. The Morgan fingerprint density at radius 1 is 1.14 bits per heavy atom. The maximum atomic E-state index is 5.92. The van der Waals surface area contributed by atoms with Crippen molar-refractivity contribution < 1.29 is 0 Å². The molecule has 0 aliphatic carbocycles. The van der Waals surface area contributed by atoms with Gasteiger partial charge in [0.1, 0.15) is 0 Å². The molecule has 0 spiro atoms. The minimum atomic E-state index is 0.638. The molecule has 0 atom stereocenters. The van der Waals surface area contributed by atoms with E-state index >= 15 is 0 Å². The fourth-order valence-electron chi connectivity index (χ4n) is 1.41.